The van der Waals surface area contributed by atoms with Gasteiger partial charge in [0.2, 0.25) is 11.9 Å². The second-order valence-electron chi connectivity index (χ2n) is 9.61. The maximum absolute atomic E-state index is 14.0. The standard InChI is InChI=1S/C24H25ClFN7O3S/c1-2-31-13-20(28-14-31)37(35,36)32-9-5-16(6-10-32)29-23-27-12-17-21(30-23)33(22(34)24(17)7-8-24)19-11-15(26)3-4-18(19)25/h3-4,11-14,16H,2,5-10H2,1H3,(H,27,29,30). The first-order valence-electron chi connectivity index (χ1n) is 12.2. The highest BCUT2D eigenvalue weighted by molar-refractivity contribution is 7.89. The minimum Gasteiger partial charge on any atom is -0.351 e. The van der Waals surface area contributed by atoms with Gasteiger partial charge in [0.05, 0.1) is 22.5 Å². The number of fused-ring (bicyclic) bond motifs is 2. The summed E-state index contributed by atoms with van der Waals surface area (Å²) >= 11 is 6.34. The van der Waals surface area contributed by atoms with Crippen molar-refractivity contribution < 1.29 is 17.6 Å². The molecule has 2 fully saturated rings. The van der Waals surface area contributed by atoms with Gasteiger partial charge in [-0.3, -0.25) is 9.69 Å². The fraction of sp³-hybridized carbons (Fsp3) is 0.417. The summed E-state index contributed by atoms with van der Waals surface area (Å²) in [5.74, 6) is 0.0512. The van der Waals surface area contributed by atoms with E-state index in [2.05, 4.69) is 20.3 Å². The van der Waals surface area contributed by atoms with Crippen molar-refractivity contribution in [2.45, 2.75) is 55.6 Å². The molecular weight excluding hydrogens is 521 g/mol. The summed E-state index contributed by atoms with van der Waals surface area (Å²) in [7, 11) is -3.66. The number of benzene rings is 1. The van der Waals surface area contributed by atoms with Crippen LogP contribution < -0.4 is 10.2 Å². The van der Waals surface area contributed by atoms with Gasteiger partial charge in [0.1, 0.15) is 11.6 Å². The first-order valence-corrected chi connectivity index (χ1v) is 14.0. The van der Waals surface area contributed by atoms with Crippen LogP contribution >= 0.6 is 11.6 Å². The number of halogens is 2. The third-order valence-electron chi connectivity index (χ3n) is 7.37. The van der Waals surface area contributed by atoms with Gasteiger partial charge in [0.25, 0.3) is 10.0 Å². The van der Waals surface area contributed by atoms with Crippen LogP contribution in [0.25, 0.3) is 0 Å². The molecule has 3 aliphatic rings. The lowest BCUT2D eigenvalue weighted by atomic mass is 10.0. The first kappa shape index (κ1) is 24.3. The van der Waals surface area contributed by atoms with E-state index in [0.29, 0.717) is 57.1 Å². The third-order valence-corrected chi connectivity index (χ3v) is 9.48. The molecule has 1 amide bonds. The number of carbonyl (C=O) groups excluding carboxylic acids is 1. The zero-order valence-electron chi connectivity index (χ0n) is 20.1. The van der Waals surface area contributed by atoms with Gasteiger partial charge in [-0.25, -0.2) is 22.8 Å². The molecule has 0 radical (unpaired) electrons. The number of piperidine rings is 1. The number of sulfonamides is 1. The smallest absolute Gasteiger partial charge is 0.262 e. The summed E-state index contributed by atoms with van der Waals surface area (Å²) in [4.78, 5) is 27.9. The van der Waals surface area contributed by atoms with Crippen LogP contribution in [-0.2, 0) is 26.8 Å². The van der Waals surface area contributed by atoms with Gasteiger partial charge in [-0.1, -0.05) is 11.6 Å². The van der Waals surface area contributed by atoms with Crippen molar-refractivity contribution in [3.8, 4) is 0 Å². The predicted molar refractivity (Wildman–Crippen MR) is 135 cm³/mol. The molecule has 2 aromatic heterocycles. The number of hydrogen-bond acceptors (Lipinski definition) is 7. The van der Waals surface area contributed by atoms with Crippen molar-refractivity contribution in [3.05, 3.63) is 53.3 Å². The molecule has 194 valence electrons. The molecule has 1 aliphatic carbocycles. The van der Waals surface area contributed by atoms with E-state index < -0.39 is 21.3 Å². The lowest BCUT2D eigenvalue weighted by Gasteiger charge is -2.31. The normalized spacial score (nSPS) is 19.4. The molecule has 1 spiro atoms. The number of aryl methyl sites for hydroxylation is 1. The van der Waals surface area contributed by atoms with E-state index in [1.807, 2.05) is 6.92 Å². The quantitative estimate of drug-likeness (QED) is 0.504. The SMILES string of the molecule is CCn1cnc(S(=O)(=O)N2CCC(Nc3ncc4c(n3)N(c3cc(F)ccc3Cl)C(=O)C43CC3)CC2)c1. The lowest BCUT2D eigenvalue weighted by Crippen LogP contribution is -2.42. The van der Waals surface area contributed by atoms with Crippen LogP contribution in [0.2, 0.25) is 5.02 Å². The Kier molecular flexibility index (Phi) is 5.73. The van der Waals surface area contributed by atoms with E-state index >= 15 is 0 Å². The van der Waals surface area contributed by atoms with Gasteiger partial charge >= 0.3 is 0 Å². The molecule has 37 heavy (non-hydrogen) atoms. The molecule has 10 nitrogen and oxygen atoms in total. The van der Waals surface area contributed by atoms with Crippen LogP contribution in [0.5, 0.6) is 0 Å². The van der Waals surface area contributed by atoms with Crippen LogP contribution in [0.4, 0.5) is 21.8 Å². The van der Waals surface area contributed by atoms with Crippen molar-refractivity contribution in [2.75, 3.05) is 23.3 Å². The highest BCUT2D eigenvalue weighted by atomic mass is 35.5. The van der Waals surface area contributed by atoms with Gasteiger partial charge in [0, 0.05) is 43.6 Å². The molecule has 1 saturated heterocycles. The van der Waals surface area contributed by atoms with E-state index in [1.165, 1.54) is 33.7 Å². The van der Waals surface area contributed by atoms with Crippen LogP contribution in [0.3, 0.4) is 0 Å². The molecule has 1 N–H and O–H groups in total. The number of nitrogens with zero attached hydrogens (tertiary/aromatic N) is 6. The summed E-state index contributed by atoms with van der Waals surface area (Å²) in [6.45, 7) is 3.22. The molecule has 0 bridgehead atoms. The Morgan fingerprint density at radius 3 is 2.65 bits per heavy atom. The second-order valence-corrected chi connectivity index (χ2v) is 11.9. The number of rotatable bonds is 6. The van der Waals surface area contributed by atoms with Crippen molar-refractivity contribution in [3.63, 3.8) is 0 Å². The fourth-order valence-electron chi connectivity index (χ4n) is 5.07. The molecule has 6 rings (SSSR count). The Balaban J connectivity index is 1.20. The van der Waals surface area contributed by atoms with E-state index in [4.69, 9.17) is 11.6 Å². The monoisotopic (exact) mass is 545 g/mol. The molecule has 0 unspecified atom stereocenters. The number of anilines is 3. The summed E-state index contributed by atoms with van der Waals surface area (Å²) in [5.41, 5.74) is 0.301. The van der Waals surface area contributed by atoms with E-state index in [9.17, 15) is 17.6 Å². The zero-order valence-corrected chi connectivity index (χ0v) is 21.6. The largest absolute Gasteiger partial charge is 0.351 e. The first-order chi connectivity index (χ1) is 17.7. The number of nitrogens with one attached hydrogen (secondary N) is 1. The summed E-state index contributed by atoms with van der Waals surface area (Å²) in [6.07, 6.45) is 7.19. The van der Waals surface area contributed by atoms with Gasteiger partial charge in [0.15, 0.2) is 5.03 Å². The minimum absolute atomic E-state index is 0.0532. The van der Waals surface area contributed by atoms with Crippen molar-refractivity contribution in [1.82, 2.24) is 23.8 Å². The average Bonchev–Trinajstić information content (AvgIpc) is 3.47. The minimum atomic E-state index is -3.66. The molecule has 0 atom stereocenters. The van der Waals surface area contributed by atoms with E-state index in [-0.39, 0.29) is 27.7 Å². The van der Waals surface area contributed by atoms with Crippen molar-refractivity contribution in [1.29, 1.82) is 0 Å². The summed E-state index contributed by atoms with van der Waals surface area (Å²) < 4.78 is 43.1. The van der Waals surface area contributed by atoms with E-state index in [1.54, 1.807) is 17.0 Å². The summed E-state index contributed by atoms with van der Waals surface area (Å²) in [5, 5.41) is 3.59. The Morgan fingerprint density at radius 1 is 1.22 bits per heavy atom. The number of imidazole rings is 1. The highest BCUT2D eigenvalue weighted by Gasteiger charge is 2.61. The number of amides is 1. The number of hydrogen-bond donors (Lipinski definition) is 1. The maximum atomic E-state index is 14.0. The fourth-order valence-corrected chi connectivity index (χ4v) is 6.67. The highest BCUT2D eigenvalue weighted by Crippen LogP contribution is 2.58. The van der Waals surface area contributed by atoms with E-state index in [0.717, 1.165) is 5.56 Å². The topological polar surface area (TPSA) is 113 Å². The molecule has 1 saturated carbocycles. The molecule has 3 aromatic rings. The van der Waals surface area contributed by atoms with Gasteiger partial charge in [-0.2, -0.15) is 9.29 Å². The van der Waals surface area contributed by atoms with Crippen LogP contribution in [0.15, 0.2) is 41.9 Å². The second kappa shape index (κ2) is 8.74. The average molecular weight is 546 g/mol. The molecule has 2 aliphatic heterocycles. The maximum Gasteiger partial charge on any atom is 0.262 e. The Hall–Kier alpha value is -3.09. The molecule has 1 aromatic carbocycles. The van der Waals surface area contributed by atoms with Gasteiger partial charge in [-0.05, 0) is 50.8 Å². The molecule has 13 heteroatoms. The van der Waals surface area contributed by atoms with Crippen molar-refractivity contribution >= 4 is 45.0 Å². The molecule has 4 heterocycles. The Labute approximate surface area is 218 Å². The summed E-state index contributed by atoms with van der Waals surface area (Å²) in [6, 6.07) is 3.84. The third kappa shape index (κ3) is 3.98. The van der Waals surface area contributed by atoms with Gasteiger partial charge in [-0.15, -0.1) is 0 Å². The Bertz CT molecular complexity index is 1500. The van der Waals surface area contributed by atoms with Gasteiger partial charge < -0.3 is 9.88 Å². The van der Waals surface area contributed by atoms with Crippen molar-refractivity contribution in [2.24, 2.45) is 0 Å². The van der Waals surface area contributed by atoms with Crippen LogP contribution in [0.1, 0.15) is 38.2 Å². The Morgan fingerprint density at radius 2 is 1.97 bits per heavy atom. The zero-order chi connectivity index (χ0) is 25.9. The van der Waals surface area contributed by atoms with Crippen LogP contribution in [-0.4, -0.2) is 57.3 Å². The predicted octanol–water partition coefficient (Wildman–Crippen LogP) is 3.46. The lowest BCUT2D eigenvalue weighted by molar-refractivity contribution is -0.119. The van der Waals surface area contributed by atoms with Crippen LogP contribution in [0, 0.1) is 5.82 Å². The number of carbonyl (C=O) groups is 1. The molecular formula is C24H25ClFN7O3S. The number of aromatic nitrogens is 4.